The quantitative estimate of drug-likeness (QED) is 0.605. The molecule has 2 heterocycles. The Morgan fingerprint density at radius 1 is 1.13 bits per heavy atom. The van der Waals surface area contributed by atoms with Crippen LogP contribution in [0.4, 0.5) is 0 Å². The predicted octanol–water partition coefficient (Wildman–Crippen LogP) is 4.42. The fourth-order valence-corrected chi connectivity index (χ4v) is 8.09. The molecule has 23 heavy (non-hydrogen) atoms. The van der Waals surface area contributed by atoms with E-state index in [1.165, 1.54) is 0 Å². The molecule has 1 aromatic rings. The molecule has 5 heteroatoms. The first-order valence-corrected chi connectivity index (χ1v) is 10.1. The van der Waals surface area contributed by atoms with Gasteiger partial charge in [-0.1, -0.05) is 41.5 Å². The minimum Gasteiger partial charge on any atom is -0.519 e. The van der Waals surface area contributed by atoms with Gasteiger partial charge in [-0.25, -0.2) is 0 Å². The van der Waals surface area contributed by atoms with Crippen molar-refractivity contribution in [3.8, 4) is 11.5 Å². The second-order valence-corrected chi connectivity index (χ2v) is 13.3. The van der Waals surface area contributed by atoms with Gasteiger partial charge in [-0.15, -0.1) is 0 Å². The number of hydrogen-bond donors (Lipinski definition) is 0. The molecule has 0 radical (unpaired) electrons. The van der Waals surface area contributed by atoms with E-state index >= 15 is 0 Å². The predicted molar refractivity (Wildman–Crippen MR) is 92.3 cm³/mol. The van der Waals surface area contributed by atoms with Crippen molar-refractivity contribution in [1.82, 2.24) is 0 Å². The van der Waals surface area contributed by atoms with Crippen LogP contribution < -0.4 is 9.16 Å². The third-order valence-electron chi connectivity index (χ3n) is 4.53. The highest BCUT2D eigenvalue weighted by Crippen LogP contribution is 2.54. The molecule has 1 aromatic carbocycles. The summed E-state index contributed by atoms with van der Waals surface area (Å²) in [5.74, 6) is 1.80. The molecule has 4 nitrogen and oxygen atoms in total. The molecular formula is C18H28O4Si. The highest BCUT2D eigenvalue weighted by atomic mass is 28.4. The van der Waals surface area contributed by atoms with E-state index in [4.69, 9.17) is 18.3 Å². The number of hydrogen-bond acceptors (Lipinski definition) is 4. The summed E-state index contributed by atoms with van der Waals surface area (Å²) >= 11 is 0. The summed E-state index contributed by atoms with van der Waals surface area (Å²) in [6.07, 6.45) is 0.264. The Balaban J connectivity index is 1.84. The second kappa shape index (κ2) is 5.50. The Morgan fingerprint density at radius 2 is 1.78 bits per heavy atom. The van der Waals surface area contributed by atoms with Crippen molar-refractivity contribution >= 4 is 8.56 Å². The maximum Gasteiger partial charge on any atom is 0.410 e. The minimum atomic E-state index is -2.44. The highest BCUT2D eigenvalue weighted by molar-refractivity contribution is 6.74. The van der Waals surface area contributed by atoms with Gasteiger partial charge in [0.1, 0.15) is 24.2 Å². The molecule has 0 saturated carbocycles. The van der Waals surface area contributed by atoms with E-state index in [0.29, 0.717) is 13.2 Å². The summed E-state index contributed by atoms with van der Waals surface area (Å²) in [6.45, 7) is 15.4. The molecule has 0 N–H and O–H groups in total. The average Bonchev–Trinajstić information content (AvgIpc) is 3.26. The van der Waals surface area contributed by atoms with Crippen LogP contribution in [0, 0.1) is 0 Å². The van der Waals surface area contributed by atoms with Crippen LogP contribution in [-0.4, -0.2) is 27.9 Å². The number of benzene rings is 1. The molecule has 128 valence electrons. The van der Waals surface area contributed by atoms with Crippen LogP contribution in [0.15, 0.2) is 18.2 Å². The van der Waals surface area contributed by atoms with Crippen molar-refractivity contribution in [2.75, 3.05) is 13.2 Å². The third-order valence-corrected chi connectivity index (χ3v) is 9.54. The lowest BCUT2D eigenvalue weighted by Gasteiger charge is -2.50. The van der Waals surface area contributed by atoms with Gasteiger partial charge in [0, 0.05) is 15.6 Å². The summed E-state index contributed by atoms with van der Waals surface area (Å²) in [5.41, 5.74) is 1.07. The Bertz CT molecular complexity index is 568. The molecule has 2 aliphatic heterocycles. The maximum atomic E-state index is 6.58. The first-order valence-electron chi connectivity index (χ1n) is 8.33. The van der Waals surface area contributed by atoms with Crippen molar-refractivity contribution in [1.29, 1.82) is 0 Å². The SMILES string of the molecule is CC(C)(C)[Si]1(C(C)(C)C)OCc2cc(OC[C@H]3CO3)ccc2O1. The number of rotatable bonds is 3. The zero-order valence-electron chi connectivity index (χ0n) is 15.1. The lowest BCUT2D eigenvalue weighted by atomic mass is 10.2. The van der Waals surface area contributed by atoms with Gasteiger partial charge in [-0.3, -0.25) is 0 Å². The van der Waals surface area contributed by atoms with Crippen molar-refractivity contribution in [3.05, 3.63) is 23.8 Å². The van der Waals surface area contributed by atoms with E-state index in [1.54, 1.807) is 0 Å². The van der Waals surface area contributed by atoms with Crippen molar-refractivity contribution in [2.45, 2.75) is 64.3 Å². The first-order chi connectivity index (χ1) is 10.6. The van der Waals surface area contributed by atoms with Crippen LogP contribution in [-0.2, 0) is 15.8 Å². The average molecular weight is 337 g/mol. The third kappa shape index (κ3) is 3.14. The van der Waals surface area contributed by atoms with E-state index in [1.807, 2.05) is 18.2 Å². The van der Waals surface area contributed by atoms with Gasteiger partial charge in [0.05, 0.1) is 13.2 Å². The molecule has 0 bridgehead atoms. The number of epoxide rings is 1. The molecule has 0 aliphatic carbocycles. The first kappa shape index (κ1) is 16.8. The zero-order chi connectivity index (χ0) is 16.9. The van der Waals surface area contributed by atoms with Gasteiger partial charge in [-0.2, -0.15) is 0 Å². The van der Waals surface area contributed by atoms with Gasteiger partial charge >= 0.3 is 8.56 Å². The van der Waals surface area contributed by atoms with E-state index in [-0.39, 0.29) is 16.2 Å². The molecule has 1 saturated heterocycles. The van der Waals surface area contributed by atoms with Crippen LogP contribution in [0.2, 0.25) is 10.1 Å². The van der Waals surface area contributed by atoms with E-state index in [9.17, 15) is 0 Å². The summed E-state index contributed by atoms with van der Waals surface area (Å²) in [5, 5.41) is -0.0250. The highest BCUT2D eigenvalue weighted by Gasteiger charge is 2.61. The molecule has 3 rings (SSSR count). The normalized spacial score (nSPS) is 23.0. The largest absolute Gasteiger partial charge is 0.519 e. The van der Waals surface area contributed by atoms with Gasteiger partial charge in [0.2, 0.25) is 0 Å². The summed E-state index contributed by atoms with van der Waals surface area (Å²) < 4.78 is 24.0. The van der Waals surface area contributed by atoms with Crippen LogP contribution >= 0.6 is 0 Å². The molecule has 0 unspecified atom stereocenters. The standard InChI is InChI=1S/C18H28O4Si/c1-17(2,3)23(18(4,5)6)21-10-13-9-14(7-8-16(13)22-23)19-11-15-12-20-15/h7-9,15H,10-12H2,1-6H3/t15-/m0/s1. The molecule has 1 atom stereocenters. The van der Waals surface area contributed by atoms with Gasteiger partial charge in [-0.05, 0) is 18.2 Å². The topological polar surface area (TPSA) is 40.2 Å². The van der Waals surface area contributed by atoms with Crippen LogP contribution in [0.3, 0.4) is 0 Å². The van der Waals surface area contributed by atoms with E-state index < -0.39 is 8.56 Å². The minimum absolute atomic E-state index is 0.0125. The number of ether oxygens (including phenoxy) is 2. The van der Waals surface area contributed by atoms with Gasteiger partial charge in [0.15, 0.2) is 0 Å². The zero-order valence-corrected chi connectivity index (χ0v) is 16.1. The molecule has 0 amide bonds. The van der Waals surface area contributed by atoms with Crippen molar-refractivity contribution in [2.24, 2.45) is 0 Å². The van der Waals surface area contributed by atoms with E-state index in [2.05, 4.69) is 41.5 Å². The molecular weight excluding hydrogens is 308 g/mol. The Labute approximate surface area is 140 Å². The monoisotopic (exact) mass is 336 g/mol. The molecule has 0 spiro atoms. The van der Waals surface area contributed by atoms with Crippen molar-refractivity contribution < 1.29 is 18.3 Å². The molecule has 0 aromatic heterocycles. The molecule has 2 aliphatic rings. The fourth-order valence-electron chi connectivity index (χ4n) is 3.44. The molecule has 1 fully saturated rings. The Kier molecular flexibility index (Phi) is 4.02. The van der Waals surface area contributed by atoms with Crippen LogP contribution in [0.5, 0.6) is 11.5 Å². The van der Waals surface area contributed by atoms with Gasteiger partial charge < -0.3 is 18.3 Å². The van der Waals surface area contributed by atoms with E-state index in [0.717, 1.165) is 23.7 Å². The van der Waals surface area contributed by atoms with Crippen LogP contribution in [0.1, 0.15) is 47.1 Å². The smallest absolute Gasteiger partial charge is 0.410 e. The Hall–Kier alpha value is -1.04. The van der Waals surface area contributed by atoms with Crippen molar-refractivity contribution in [3.63, 3.8) is 0 Å². The maximum absolute atomic E-state index is 6.58. The van der Waals surface area contributed by atoms with Crippen LogP contribution in [0.25, 0.3) is 0 Å². The van der Waals surface area contributed by atoms with Gasteiger partial charge in [0.25, 0.3) is 0 Å². The lowest BCUT2D eigenvalue weighted by molar-refractivity contribution is 0.155. The summed E-state index contributed by atoms with van der Waals surface area (Å²) in [7, 11) is -2.44. The Morgan fingerprint density at radius 3 is 2.35 bits per heavy atom. The fraction of sp³-hybridized carbons (Fsp3) is 0.667. The summed E-state index contributed by atoms with van der Waals surface area (Å²) in [6, 6.07) is 6.04. The lowest BCUT2D eigenvalue weighted by Crippen LogP contribution is -2.61. The second-order valence-electron chi connectivity index (χ2n) is 8.54. The number of fused-ring (bicyclic) bond motifs is 1. The summed E-state index contributed by atoms with van der Waals surface area (Å²) in [4.78, 5) is 0.